The van der Waals surface area contributed by atoms with Crippen molar-refractivity contribution in [3.63, 3.8) is 0 Å². The fourth-order valence-electron chi connectivity index (χ4n) is 3.15. The molecule has 0 fully saturated rings. The third-order valence-electron chi connectivity index (χ3n) is 4.61. The fraction of sp³-hybridized carbons (Fsp3) is 0.381. The lowest BCUT2D eigenvalue weighted by atomic mass is 9.92. The zero-order valence-electron chi connectivity index (χ0n) is 17.2. The summed E-state index contributed by atoms with van der Waals surface area (Å²) in [5.41, 5.74) is -0.180. The molecule has 30 heavy (non-hydrogen) atoms. The molecule has 0 radical (unpaired) electrons. The monoisotopic (exact) mass is 438 g/mol. The lowest BCUT2D eigenvalue weighted by Gasteiger charge is -2.29. The number of hydrogen-bond acceptors (Lipinski definition) is 4. The highest BCUT2D eigenvalue weighted by Crippen LogP contribution is 2.39. The lowest BCUT2D eigenvalue weighted by molar-refractivity contribution is -0.127. The maximum absolute atomic E-state index is 13.5. The van der Waals surface area contributed by atoms with Crippen molar-refractivity contribution < 1.29 is 26.7 Å². The number of anilines is 2. The highest BCUT2D eigenvalue weighted by molar-refractivity contribution is 7.92. The van der Waals surface area contributed by atoms with Crippen LogP contribution in [0.4, 0.5) is 20.2 Å². The summed E-state index contributed by atoms with van der Waals surface area (Å²) in [5, 5.41) is 0. The number of sulfonamides is 1. The third-order valence-corrected chi connectivity index (χ3v) is 5.97. The summed E-state index contributed by atoms with van der Waals surface area (Å²) in [6, 6.07) is 6.59. The highest BCUT2D eigenvalue weighted by Gasteiger charge is 2.38. The number of carbonyl (C=O) groups excluding carboxylic acids is 1. The number of rotatable bonds is 5. The maximum atomic E-state index is 13.5. The van der Waals surface area contributed by atoms with Crippen molar-refractivity contribution in [3.05, 3.63) is 48.0 Å². The molecule has 9 heteroatoms. The van der Waals surface area contributed by atoms with Gasteiger partial charge in [-0.25, -0.2) is 17.2 Å². The van der Waals surface area contributed by atoms with Gasteiger partial charge in [0.05, 0.1) is 21.7 Å². The molecular weight excluding hydrogens is 414 g/mol. The van der Waals surface area contributed by atoms with Crippen LogP contribution in [0.5, 0.6) is 5.75 Å². The number of ether oxygens (including phenoxy) is 1. The quantitative estimate of drug-likeness (QED) is 0.760. The predicted octanol–water partition coefficient (Wildman–Crippen LogP) is 4.17. The van der Waals surface area contributed by atoms with Gasteiger partial charge in [0.1, 0.15) is 24.0 Å². The number of nitrogens with one attached hydrogen (secondary N) is 1. The van der Waals surface area contributed by atoms with Crippen molar-refractivity contribution in [2.45, 2.75) is 32.6 Å². The van der Waals surface area contributed by atoms with Crippen LogP contribution >= 0.6 is 0 Å². The van der Waals surface area contributed by atoms with E-state index in [-0.39, 0.29) is 24.1 Å². The van der Waals surface area contributed by atoms with Crippen LogP contribution in [0.15, 0.2) is 41.3 Å². The molecule has 1 aliphatic rings. The van der Waals surface area contributed by atoms with E-state index >= 15 is 0 Å². The summed E-state index contributed by atoms with van der Waals surface area (Å²) >= 11 is 0. The summed E-state index contributed by atoms with van der Waals surface area (Å²) in [7, 11) is -4.25. The molecule has 0 aliphatic carbocycles. The largest absolute Gasteiger partial charge is 0.490 e. The summed E-state index contributed by atoms with van der Waals surface area (Å²) in [6.45, 7) is 8.12. The van der Waals surface area contributed by atoms with Gasteiger partial charge < -0.3 is 9.64 Å². The molecule has 0 atom stereocenters. The minimum Gasteiger partial charge on any atom is -0.490 e. The number of hydrogen-bond donors (Lipinski definition) is 1. The van der Waals surface area contributed by atoms with Gasteiger partial charge in [-0.1, -0.05) is 13.8 Å². The summed E-state index contributed by atoms with van der Waals surface area (Å²) in [6.07, 6.45) is 0. The van der Waals surface area contributed by atoms with Crippen molar-refractivity contribution in [2.24, 2.45) is 11.3 Å². The summed E-state index contributed by atoms with van der Waals surface area (Å²) < 4.78 is 60.3. The Labute approximate surface area is 174 Å². The van der Waals surface area contributed by atoms with Gasteiger partial charge in [0, 0.05) is 12.6 Å². The highest BCUT2D eigenvalue weighted by atomic mass is 32.2. The summed E-state index contributed by atoms with van der Waals surface area (Å²) in [4.78, 5) is 14.1. The van der Waals surface area contributed by atoms with E-state index in [2.05, 4.69) is 4.72 Å². The van der Waals surface area contributed by atoms with E-state index in [1.165, 1.54) is 12.1 Å². The molecule has 1 heterocycles. The van der Waals surface area contributed by atoms with Crippen LogP contribution in [0.3, 0.4) is 0 Å². The number of carbonyl (C=O) groups is 1. The second kappa shape index (κ2) is 7.86. The number of amides is 1. The third kappa shape index (κ3) is 4.56. The minimum absolute atomic E-state index is 0.137. The molecule has 1 N–H and O–H groups in total. The van der Waals surface area contributed by atoms with E-state index in [1.54, 1.807) is 24.8 Å². The number of benzene rings is 2. The fourth-order valence-corrected chi connectivity index (χ4v) is 4.24. The van der Waals surface area contributed by atoms with E-state index in [9.17, 15) is 22.0 Å². The van der Waals surface area contributed by atoms with Crippen LogP contribution in [0.2, 0.25) is 0 Å². The van der Waals surface area contributed by atoms with E-state index in [0.717, 1.165) is 12.1 Å². The molecular formula is C21H24F2N2O4S. The van der Waals surface area contributed by atoms with Gasteiger partial charge in [0.2, 0.25) is 5.91 Å². The molecule has 0 aromatic heterocycles. The SMILES string of the molecule is CC(C)CN1C(=O)C(C)(C)COc2ccc(NS(=O)(=O)c3cc(F)cc(F)c3)cc21. The zero-order valence-corrected chi connectivity index (χ0v) is 18.0. The zero-order chi connectivity index (χ0) is 22.3. The summed E-state index contributed by atoms with van der Waals surface area (Å²) in [5.74, 6) is -1.52. The Morgan fingerprint density at radius 3 is 2.37 bits per heavy atom. The Bertz CT molecular complexity index is 1060. The first-order valence-corrected chi connectivity index (χ1v) is 10.9. The van der Waals surface area contributed by atoms with Crippen LogP contribution in [0.25, 0.3) is 0 Å². The second-order valence-electron chi connectivity index (χ2n) is 8.38. The Hall–Kier alpha value is -2.68. The smallest absolute Gasteiger partial charge is 0.262 e. The van der Waals surface area contributed by atoms with Crippen molar-refractivity contribution >= 4 is 27.3 Å². The van der Waals surface area contributed by atoms with Crippen LogP contribution < -0.4 is 14.4 Å². The molecule has 6 nitrogen and oxygen atoms in total. The molecule has 162 valence electrons. The first-order valence-electron chi connectivity index (χ1n) is 9.47. The van der Waals surface area contributed by atoms with Crippen LogP contribution in [0.1, 0.15) is 27.7 Å². The Balaban J connectivity index is 2.01. The van der Waals surface area contributed by atoms with Gasteiger partial charge in [-0.3, -0.25) is 9.52 Å². The molecule has 0 bridgehead atoms. The van der Waals surface area contributed by atoms with E-state index in [4.69, 9.17) is 4.74 Å². The van der Waals surface area contributed by atoms with Crippen LogP contribution in [0, 0.1) is 23.0 Å². The van der Waals surface area contributed by atoms with Gasteiger partial charge in [0.25, 0.3) is 10.0 Å². The molecule has 0 spiro atoms. The average molecular weight is 438 g/mol. The van der Waals surface area contributed by atoms with Gasteiger partial charge in [0.15, 0.2) is 0 Å². The molecule has 1 aliphatic heterocycles. The normalized spacial score (nSPS) is 16.1. The van der Waals surface area contributed by atoms with Crippen molar-refractivity contribution in [3.8, 4) is 5.75 Å². The molecule has 1 amide bonds. The molecule has 2 aromatic carbocycles. The maximum Gasteiger partial charge on any atom is 0.262 e. The van der Waals surface area contributed by atoms with Crippen LogP contribution in [-0.4, -0.2) is 27.5 Å². The van der Waals surface area contributed by atoms with Crippen molar-refractivity contribution in [1.82, 2.24) is 0 Å². The molecule has 3 rings (SSSR count). The lowest BCUT2D eigenvalue weighted by Crippen LogP contribution is -2.43. The van der Waals surface area contributed by atoms with E-state index in [1.807, 2.05) is 13.8 Å². The first kappa shape index (κ1) is 22.0. The topological polar surface area (TPSA) is 75.7 Å². The van der Waals surface area contributed by atoms with Gasteiger partial charge in [-0.15, -0.1) is 0 Å². The van der Waals surface area contributed by atoms with Crippen LogP contribution in [-0.2, 0) is 14.8 Å². The van der Waals surface area contributed by atoms with Crippen molar-refractivity contribution in [1.29, 1.82) is 0 Å². The Kier molecular flexibility index (Phi) is 5.77. The molecule has 0 unspecified atom stereocenters. The number of nitrogens with zero attached hydrogens (tertiary/aromatic N) is 1. The molecule has 0 saturated carbocycles. The first-order chi connectivity index (χ1) is 13.9. The Morgan fingerprint density at radius 1 is 1.13 bits per heavy atom. The van der Waals surface area contributed by atoms with Gasteiger partial charge in [-0.2, -0.15) is 0 Å². The molecule has 0 saturated heterocycles. The van der Waals surface area contributed by atoms with E-state index < -0.39 is 32.0 Å². The number of halogens is 2. The van der Waals surface area contributed by atoms with E-state index in [0.29, 0.717) is 24.0 Å². The Morgan fingerprint density at radius 2 is 1.77 bits per heavy atom. The van der Waals surface area contributed by atoms with Crippen molar-refractivity contribution in [2.75, 3.05) is 22.8 Å². The standard InChI is InChI=1S/C21H24F2N2O4S/c1-13(2)11-25-18-10-16(5-6-19(18)29-12-21(3,4)20(25)26)24-30(27,28)17-8-14(22)7-15(23)9-17/h5-10,13,24H,11-12H2,1-4H3. The number of fused-ring (bicyclic) bond motifs is 1. The minimum atomic E-state index is -4.25. The van der Waals surface area contributed by atoms with Gasteiger partial charge in [-0.05, 0) is 50.1 Å². The second-order valence-corrected chi connectivity index (χ2v) is 10.1. The predicted molar refractivity (Wildman–Crippen MR) is 110 cm³/mol. The van der Waals surface area contributed by atoms with Gasteiger partial charge >= 0.3 is 0 Å². The average Bonchev–Trinajstić information content (AvgIpc) is 2.71. The molecule has 2 aromatic rings.